The first-order valence-electron chi connectivity index (χ1n) is 7.42. The van der Waals surface area contributed by atoms with E-state index >= 15 is 0 Å². The van der Waals surface area contributed by atoms with Crippen molar-refractivity contribution in [2.24, 2.45) is 11.8 Å². The predicted octanol–water partition coefficient (Wildman–Crippen LogP) is 3.11. The summed E-state index contributed by atoms with van der Waals surface area (Å²) in [6.07, 6.45) is 2.59. The lowest BCUT2D eigenvalue weighted by molar-refractivity contribution is 0.251. The summed E-state index contributed by atoms with van der Waals surface area (Å²) in [5.41, 5.74) is 0. The third kappa shape index (κ3) is 3.86. The molecule has 0 aromatic carbocycles. The molecule has 4 nitrogen and oxygen atoms in total. The molecular formula is C14H26N4S2. The molecule has 1 saturated carbocycles. The van der Waals surface area contributed by atoms with Crippen LogP contribution < -0.4 is 10.2 Å². The highest BCUT2D eigenvalue weighted by Crippen LogP contribution is 2.41. The number of anilines is 1. The van der Waals surface area contributed by atoms with Crippen LogP contribution in [0.3, 0.4) is 0 Å². The third-order valence-electron chi connectivity index (χ3n) is 3.87. The maximum Gasteiger partial charge on any atom is 0.208 e. The topological polar surface area (TPSA) is 41.1 Å². The molecular weight excluding hydrogens is 288 g/mol. The monoisotopic (exact) mass is 314 g/mol. The molecule has 1 N–H and O–H groups in total. The lowest BCUT2D eigenvalue weighted by Crippen LogP contribution is -2.46. The van der Waals surface area contributed by atoms with Gasteiger partial charge in [0.15, 0.2) is 4.34 Å². The summed E-state index contributed by atoms with van der Waals surface area (Å²) in [5.74, 6) is 1.54. The molecule has 0 amide bonds. The number of hydrogen-bond donors (Lipinski definition) is 1. The van der Waals surface area contributed by atoms with Crippen molar-refractivity contribution < 1.29 is 0 Å². The van der Waals surface area contributed by atoms with Gasteiger partial charge in [-0.3, -0.25) is 0 Å². The molecule has 0 saturated heterocycles. The van der Waals surface area contributed by atoms with E-state index in [0.717, 1.165) is 27.9 Å². The summed E-state index contributed by atoms with van der Waals surface area (Å²) in [6, 6.07) is 0.593. The van der Waals surface area contributed by atoms with E-state index in [0.29, 0.717) is 11.3 Å². The van der Waals surface area contributed by atoms with Crippen LogP contribution in [-0.4, -0.2) is 42.1 Å². The van der Waals surface area contributed by atoms with Crippen LogP contribution in [0.25, 0.3) is 0 Å². The predicted molar refractivity (Wildman–Crippen MR) is 88.9 cm³/mol. The summed E-state index contributed by atoms with van der Waals surface area (Å²) in [4.78, 5) is 2.02. The van der Waals surface area contributed by atoms with E-state index in [9.17, 15) is 0 Å². The Labute approximate surface area is 130 Å². The van der Waals surface area contributed by atoms with Crippen LogP contribution >= 0.6 is 23.1 Å². The highest BCUT2D eigenvalue weighted by atomic mass is 32.2. The van der Waals surface area contributed by atoms with Crippen LogP contribution in [0, 0.1) is 11.8 Å². The minimum atomic E-state index is 0.593. The molecule has 1 fully saturated rings. The van der Waals surface area contributed by atoms with Gasteiger partial charge in [0.05, 0.1) is 0 Å². The maximum atomic E-state index is 4.34. The van der Waals surface area contributed by atoms with Crippen LogP contribution in [0.1, 0.15) is 33.6 Å². The average molecular weight is 315 g/mol. The second kappa shape index (κ2) is 7.09. The molecule has 0 bridgehead atoms. The van der Waals surface area contributed by atoms with Gasteiger partial charge in [-0.1, -0.05) is 43.9 Å². The van der Waals surface area contributed by atoms with Gasteiger partial charge < -0.3 is 10.2 Å². The van der Waals surface area contributed by atoms with Gasteiger partial charge in [-0.2, -0.15) is 0 Å². The highest BCUT2D eigenvalue weighted by molar-refractivity contribution is 8.01. The first kappa shape index (κ1) is 16.0. The third-order valence-corrected chi connectivity index (χ3v) is 6.64. The SMILES string of the molecule is CCNC1CC(C)CC(C)C1Sc1nnc(N(C)C)s1. The van der Waals surface area contributed by atoms with Crippen molar-refractivity contribution in [2.45, 2.75) is 49.2 Å². The Bertz CT molecular complexity index is 421. The van der Waals surface area contributed by atoms with E-state index in [-0.39, 0.29) is 0 Å². The van der Waals surface area contributed by atoms with Gasteiger partial charge in [0.25, 0.3) is 0 Å². The summed E-state index contributed by atoms with van der Waals surface area (Å²) >= 11 is 3.61. The van der Waals surface area contributed by atoms with Crippen molar-refractivity contribution in [3.63, 3.8) is 0 Å². The normalized spacial score (nSPS) is 30.4. The molecule has 1 aromatic heterocycles. The van der Waals surface area contributed by atoms with Gasteiger partial charge in [-0.05, 0) is 31.2 Å². The molecule has 1 aromatic rings. The number of thioether (sulfide) groups is 1. The Morgan fingerprint density at radius 1 is 1.30 bits per heavy atom. The molecule has 114 valence electrons. The molecule has 4 atom stereocenters. The van der Waals surface area contributed by atoms with Crippen molar-refractivity contribution in [2.75, 3.05) is 25.5 Å². The van der Waals surface area contributed by atoms with E-state index in [1.54, 1.807) is 11.3 Å². The fourth-order valence-corrected chi connectivity index (χ4v) is 5.32. The minimum Gasteiger partial charge on any atom is -0.353 e. The number of aromatic nitrogens is 2. The van der Waals surface area contributed by atoms with Crippen molar-refractivity contribution in [1.82, 2.24) is 15.5 Å². The van der Waals surface area contributed by atoms with Gasteiger partial charge in [-0.25, -0.2) is 0 Å². The van der Waals surface area contributed by atoms with Gasteiger partial charge in [0.1, 0.15) is 0 Å². The standard InChI is InChI=1S/C14H26N4S2/c1-6-15-11-8-9(2)7-10(3)12(11)19-14-17-16-13(20-14)18(4)5/h9-12,15H,6-8H2,1-5H3. The summed E-state index contributed by atoms with van der Waals surface area (Å²) in [6.45, 7) is 7.99. The lowest BCUT2D eigenvalue weighted by Gasteiger charge is -2.39. The smallest absolute Gasteiger partial charge is 0.208 e. The number of nitrogens with one attached hydrogen (secondary N) is 1. The van der Waals surface area contributed by atoms with E-state index in [2.05, 4.69) is 36.3 Å². The Morgan fingerprint density at radius 2 is 2.05 bits per heavy atom. The molecule has 0 spiro atoms. The van der Waals surface area contributed by atoms with Crippen molar-refractivity contribution in [1.29, 1.82) is 0 Å². The van der Waals surface area contributed by atoms with Crippen LogP contribution in [-0.2, 0) is 0 Å². The molecule has 20 heavy (non-hydrogen) atoms. The van der Waals surface area contributed by atoms with Crippen LogP contribution in [0.2, 0.25) is 0 Å². The van der Waals surface area contributed by atoms with E-state index in [1.165, 1.54) is 12.8 Å². The van der Waals surface area contributed by atoms with E-state index in [4.69, 9.17) is 0 Å². The van der Waals surface area contributed by atoms with Gasteiger partial charge in [-0.15, -0.1) is 10.2 Å². The van der Waals surface area contributed by atoms with Crippen LogP contribution in [0.5, 0.6) is 0 Å². The van der Waals surface area contributed by atoms with Gasteiger partial charge in [0.2, 0.25) is 5.13 Å². The van der Waals surface area contributed by atoms with Gasteiger partial charge in [0, 0.05) is 25.4 Å². The first-order valence-corrected chi connectivity index (χ1v) is 9.11. The summed E-state index contributed by atoms with van der Waals surface area (Å²) < 4.78 is 1.10. The average Bonchev–Trinajstić information content (AvgIpc) is 2.82. The summed E-state index contributed by atoms with van der Waals surface area (Å²) in [7, 11) is 4.03. The quantitative estimate of drug-likeness (QED) is 0.904. The number of rotatable bonds is 5. The molecule has 2 rings (SSSR count). The van der Waals surface area contributed by atoms with Crippen LogP contribution in [0.4, 0.5) is 5.13 Å². The summed E-state index contributed by atoms with van der Waals surface area (Å²) in [5, 5.41) is 13.9. The van der Waals surface area contributed by atoms with Gasteiger partial charge >= 0.3 is 0 Å². The Morgan fingerprint density at radius 3 is 2.65 bits per heavy atom. The molecule has 1 aliphatic carbocycles. The largest absolute Gasteiger partial charge is 0.353 e. The molecule has 0 radical (unpaired) electrons. The first-order chi connectivity index (χ1) is 9.51. The highest BCUT2D eigenvalue weighted by Gasteiger charge is 2.35. The maximum absolute atomic E-state index is 4.34. The lowest BCUT2D eigenvalue weighted by atomic mass is 9.80. The number of hydrogen-bond acceptors (Lipinski definition) is 6. The zero-order valence-electron chi connectivity index (χ0n) is 13.1. The molecule has 4 unspecified atom stereocenters. The number of nitrogens with zero attached hydrogens (tertiary/aromatic N) is 3. The Balaban J connectivity index is 2.07. The molecule has 1 heterocycles. The van der Waals surface area contributed by atoms with Crippen molar-refractivity contribution in [3.05, 3.63) is 0 Å². The molecule has 1 aliphatic rings. The second-order valence-electron chi connectivity index (χ2n) is 6.05. The minimum absolute atomic E-state index is 0.593. The zero-order valence-corrected chi connectivity index (χ0v) is 14.7. The van der Waals surface area contributed by atoms with Crippen molar-refractivity contribution in [3.8, 4) is 0 Å². The Hall–Kier alpha value is -0.330. The van der Waals surface area contributed by atoms with E-state index < -0.39 is 0 Å². The van der Waals surface area contributed by atoms with E-state index in [1.807, 2.05) is 30.8 Å². The molecule has 0 aliphatic heterocycles. The fourth-order valence-electron chi connectivity index (χ4n) is 3.04. The second-order valence-corrected chi connectivity index (χ2v) is 8.43. The molecule has 6 heteroatoms. The van der Waals surface area contributed by atoms with Crippen molar-refractivity contribution >= 4 is 28.2 Å². The Kier molecular flexibility index (Phi) is 5.69. The van der Waals surface area contributed by atoms with Crippen LogP contribution in [0.15, 0.2) is 4.34 Å². The zero-order chi connectivity index (χ0) is 14.7. The fraction of sp³-hybridized carbons (Fsp3) is 0.857.